The van der Waals surface area contributed by atoms with Crippen molar-refractivity contribution in [3.05, 3.63) is 46.8 Å². The van der Waals surface area contributed by atoms with Crippen LogP contribution in [-0.4, -0.2) is 0 Å². The van der Waals surface area contributed by atoms with E-state index in [2.05, 4.69) is 43.2 Å². The Kier molecular flexibility index (Phi) is 2.39. The summed E-state index contributed by atoms with van der Waals surface area (Å²) >= 11 is 1.66. The molecule has 0 aliphatic carbocycles. The molecule has 0 spiro atoms. The summed E-state index contributed by atoms with van der Waals surface area (Å²) in [6, 6.07) is 12.5. The molecule has 68 valence electrons. The third-order valence-electron chi connectivity index (χ3n) is 2.05. The summed E-state index contributed by atoms with van der Waals surface area (Å²) < 4.78 is 0. The minimum atomic E-state index is 0.988. The molecule has 1 aromatic heterocycles. The highest BCUT2D eigenvalue weighted by Gasteiger charge is 2.00. The van der Waals surface area contributed by atoms with E-state index in [1.165, 1.54) is 16.0 Å². The van der Waals surface area contributed by atoms with Crippen LogP contribution in [0.1, 0.15) is 10.4 Å². The van der Waals surface area contributed by atoms with Crippen molar-refractivity contribution >= 4 is 11.3 Å². The number of hydrogen-bond acceptors (Lipinski definition) is 1. The first-order valence-corrected chi connectivity index (χ1v) is 5.25. The second-order valence-corrected chi connectivity index (χ2v) is 4.26. The van der Waals surface area contributed by atoms with Crippen molar-refractivity contribution in [2.45, 2.75) is 6.92 Å². The molecule has 0 aliphatic rings. The van der Waals surface area contributed by atoms with Crippen molar-refractivity contribution in [1.29, 1.82) is 0 Å². The van der Waals surface area contributed by atoms with Crippen LogP contribution in [0.5, 0.6) is 0 Å². The lowest BCUT2D eigenvalue weighted by Gasteiger charge is -1.97. The number of hydrogen-bond donors (Lipinski definition) is 0. The van der Waals surface area contributed by atoms with Crippen molar-refractivity contribution < 1.29 is 0 Å². The summed E-state index contributed by atoms with van der Waals surface area (Å²) in [4.78, 5) is 2.23. The van der Waals surface area contributed by atoms with Crippen molar-refractivity contribution in [3.8, 4) is 22.8 Å². The van der Waals surface area contributed by atoms with Crippen LogP contribution in [0.15, 0.2) is 36.4 Å². The number of benzene rings is 1. The van der Waals surface area contributed by atoms with E-state index in [9.17, 15) is 0 Å². The van der Waals surface area contributed by atoms with Gasteiger partial charge in [0, 0.05) is 4.88 Å². The Balaban J connectivity index is 2.45. The molecular formula is C13H10S. The molecule has 0 atom stereocenters. The highest BCUT2D eigenvalue weighted by Crippen LogP contribution is 2.27. The van der Waals surface area contributed by atoms with Gasteiger partial charge >= 0.3 is 0 Å². The molecule has 0 bridgehead atoms. The Bertz CT molecular complexity index is 486. The molecule has 2 aromatic rings. The minimum absolute atomic E-state index is 0.988. The number of thiophene rings is 1. The first-order chi connectivity index (χ1) is 6.79. The maximum absolute atomic E-state index is 5.33. The second-order valence-electron chi connectivity index (χ2n) is 3.18. The first kappa shape index (κ1) is 9.05. The number of rotatable bonds is 1. The van der Waals surface area contributed by atoms with Crippen LogP contribution in [0.3, 0.4) is 0 Å². The van der Waals surface area contributed by atoms with E-state index in [-0.39, 0.29) is 0 Å². The van der Waals surface area contributed by atoms with Crippen molar-refractivity contribution in [2.24, 2.45) is 0 Å². The van der Waals surface area contributed by atoms with Crippen LogP contribution in [0.4, 0.5) is 0 Å². The lowest BCUT2D eigenvalue weighted by atomic mass is 10.1. The van der Waals surface area contributed by atoms with Crippen LogP contribution in [0.25, 0.3) is 10.4 Å². The zero-order valence-electron chi connectivity index (χ0n) is 7.95. The molecule has 2 rings (SSSR count). The maximum Gasteiger partial charge on any atom is 0.0772 e. The largest absolute Gasteiger partial charge is 0.127 e. The molecular weight excluding hydrogens is 188 g/mol. The van der Waals surface area contributed by atoms with Crippen LogP contribution in [0, 0.1) is 19.3 Å². The van der Waals surface area contributed by atoms with E-state index in [1.807, 2.05) is 6.07 Å². The summed E-state index contributed by atoms with van der Waals surface area (Å²) in [5.74, 6) is 2.65. The van der Waals surface area contributed by atoms with Gasteiger partial charge in [-0.25, -0.2) is 0 Å². The molecule has 0 nitrogen and oxygen atoms in total. The number of aryl methyl sites for hydroxylation is 1. The van der Waals surface area contributed by atoms with Gasteiger partial charge in [0.2, 0.25) is 0 Å². The van der Waals surface area contributed by atoms with Gasteiger partial charge in [0.15, 0.2) is 0 Å². The average Bonchev–Trinajstić information content (AvgIpc) is 2.66. The van der Waals surface area contributed by atoms with Gasteiger partial charge in [-0.2, -0.15) is 0 Å². The van der Waals surface area contributed by atoms with E-state index < -0.39 is 0 Å². The van der Waals surface area contributed by atoms with Gasteiger partial charge in [-0.05, 0) is 24.6 Å². The van der Waals surface area contributed by atoms with Crippen molar-refractivity contribution in [1.82, 2.24) is 0 Å². The van der Waals surface area contributed by atoms with Crippen molar-refractivity contribution in [3.63, 3.8) is 0 Å². The Labute approximate surface area is 88.2 Å². The topological polar surface area (TPSA) is 0 Å². The Morgan fingerprint density at radius 2 is 2.07 bits per heavy atom. The van der Waals surface area contributed by atoms with E-state index in [1.54, 1.807) is 11.3 Å². The predicted molar refractivity (Wildman–Crippen MR) is 62.4 cm³/mol. The summed E-state index contributed by atoms with van der Waals surface area (Å²) in [7, 11) is 0. The lowest BCUT2D eigenvalue weighted by molar-refractivity contribution is 1.48. The fourth-order valence-electron chi connectivity index (χ4n) is 1.37. The Hall–Kier alpha value is -1.52. The third kappa shape index (κ3) is 1.71. The van der Waals surface area contributed by atoms with Gasteiger partial charge < -0.3 is 0 Å². The third-order valence-corrected chi connectivity index (χ3v) is 3.12. The first-order valence-electron chi connectivity index (χ1n) is 4.43. The monoisotopic (exact) mass is 198 g/mol. The fraction of sp³-hybridized carbons (Fsp3) is 0.0769. The summed E-state index contributed by atoms with van der Waals surface area (Å²) in [6.45, 7) is 2.10. The molecule has 1 heterocycles. The summed E-state index contributed by atoms with van der Waals surface area (Å²) in [5.41, 5.74) is 2.52. The van der Waals surface area contributed by atoms with Gasteiger partial charge in [0.1, 0.15) is 0 Å². The van der Waals surface area contributed by atoms with E-state index in [0.717, 1.165) is 4.88 Å². The highest BCUT2D eigenvalue weighted by molar-refractivity contribution is 7.16. The van der Waals surface area contributed by atoms with Gasteiger partial charge in [0.05, 0.1) is 4.88 Å². The van der Waals surface area contributed by atoms with Gasteiger partial charge in [-0.3, -0.25) is 0 Å². The van der Waals surface area contributed by atoms with Crippen LogP contribution in [-0.2, 0) is 0 Å². The Morgan fingerprint density at radius 1 is 1.21 bits per heavy atom. The molecule has 0 fully saturated rings. The maximum atomic E-state index is 5.33. The van der Waals surface area contributed by atoms with Crippen LogP contribution >= 0.6 is 11.3 Å². The number of terminal acetylenes is 1. The minimum Gasteiger partial charge on any atom is -0.127 e. The molecule has 14 heavy (non-hydrogen) atoms. The molecule has 1 aromatic carbocycles. The van der Waals surface area contributed by atoms with Gasteiger partial charge in [0.25, 0.3) is 0 Å². The summed E-state index contributed by atoms with van der Waals surface area (Å²) in [6.07, 6.45) is 5.33. The van der Waals surface area contributed by atoms with E-state index in [0.29, 0.717) is 0 Å². The molecule has 1 heteroatoms. The lowest BCUT2D eigenvalue weighted by Crippen LogP contribution is -1.73. The molecule has 0 amide bonds. The normalized spacial score (nSPS) is 9.71. The van der Waals surface area contributed by atoms with Crippen molar-refractivity contribution in [2.75, 3.05) is 0 Å². The molecule has 0 radical (unpaired) electrons. The predicted octanol–water partition coefficient (Wildman–Crippen LogP) is 3.70. The van der Waals surface area contributed by atoms with E-state index in [4.69, 9.17) is 6.42 Å². The molecule has 0 aliphatic heterocycles. The SMILES string of the molecule is C#Cc1ccc(-c2cccc(C)c2)s1. The highest BCUT2D eigenvalue weighted by atomic mass is 32.1. The standard InChI is InChI=1S/C13H10S/c1-3-12-7-8-13(14-12)11-6-4-5-10(2)9-11/h1,4-9H,2H3. The molecule has 0 saturated carbocycles. The molecule has 0 unspecified atom stereocenters. The molecule has 0 N–H and O–H groups in total. The zero-order valence-corrected chi connectivity index (χ0v) is 8.77. The van der Waals surface area contributed by atoms with Gasteiger partial charge in [-0.15, -0.1) is 17.8 Å². The smallest absolute Gasteiger partial charge is 0.0772 e. The summed E-state index contributed by atoms with van der Waals surface area (Å²) in [5, 5.41) is 0. The second kappa shape index (κ2) is 3.69. The fourth-order valence-corrected chi connectivity index (χ4v) is 2.18. The molecule has 0 saturated heterocycles. The zero-order chi connectivity index (χ0) is 9.97. The van der Waals surface area contributed by atoms with Crippen LogP contribution < -0.4 is 0 Å². The van der Waals surface area contributed by atoms with Gasteiger partial charge in [-0.1, -0.05) is 35.7 Å². The van der Waals surface area contributed by atoms with E-state index >= 15 is 0 Å². The Morgan fingerprint density at radius 3 is 2.71 bits per heavy atom. The quantitative estimate of drug-likeness (QED) is 0.613. The van der Waals surface area contributed by atoms with Crippen LogP contribution in [0.2, 0.25) is 0 Å². The average molecular weight is 198 g/mol.